The highest BCUT2D eigenvalue weighted by Gasteiger charge is 2.25. The maximum atomic E-state index is 5.25. The van der Waals surface area contributed by atoms with Gasteiger partial charge in [-0.2, -0.15) is 0 Å². The minimum absolute atomic E-state index is 0.0255. The van der Waals surface area contributed by atoms with Crippen LogP contribution in [-0.4, -0.2) is 20.5 Å². The van der Waals surface area contributed by atoms with Gasteiger partial charge in [-0.25, -0.2) is 0 Å². The Labute approximate surface area is 75.2 Å². The number of hydrogen-bond acceptors (Lipinski definition) is 2. The summed E-state index contributed by atoms with van der Waals surface area (Å²) in [5.74, 6) is 1.52. The third-order valence-electron chi connectivity index (χ3n) is 2.91. The molecule has 1 fully saturated rings. The van der Waals surface area contributed by atoms with E-state index >= 15 is 0 Å². The molecule has 0 aromatic carbocycles. The molecule has 1 aliphatic carbocycles. The Balaban J connectivity index is 2.32. The Morgan fingerprint density at radius 3 is 1.92 bits per heavy atom. The molecule has 0 aliphatic heterocycles. The molecule has 1 saturated carbocycles. The van der Waals surface area contributed by atoms with Gasteiger partial charge < -0.3 is 9.47 Å². The summed E-state index contributed by atoms with van der Waals surface area (Å²) in [5.41, 5.74) is 0. The molecule has 0 radical (unpaired) electrons. The third kappa shape index (κ3) is 2.46. The monoisotopic (exact) mass is 172 g/mol. The second-order valence-electron chi connectivity index (χ2n) is 3.86. The van der Waals surface area contributed by atoms with Crippen molar-refractivity contribution in [3.05, 3.63) is 0 Å². The predicted molar refractivity (Wildman–Crippen MR) is 48.9 cm³/mol. The van der Waals surface area contributed by atoms with Gasteiger partial charge in [-0.05, 0) is 18.8 Å². The van der Waals surface area contributed by atoms with Gasteiger partial charge in [0, 0.05) is 20.1 Å². The molecule has 0 aromatic rings. The van der Waals surface area contributed by atoms with E-state index in [1.165, 1.54) is 25.7 Å². The van der Waals surface area contributed by atoms with Crippen LogP contribution in [0.15, 0.2) is 0 Å². The molecule has 0 spiro atoms. The number of ether oxygens (including phenoxy) is 2. The van der Waals surface area contributed by atoms with Gasteiger partial charge in [0.05, 0.1) is 0 Å². The van der Waals surface area contributed by atoms with Crippen LogP contribution in [0.1, 0.15) is 32.6 Å². The zero-order valence-electron chi connectivity index (χ0n) is 8.38. The van der Waals surface area contributed by atoms with Crippen LogP contribution < -0.4 is 0 Å². The van der Waals surface area contributed by atoms with Crippen LogP contribution in [0, 0.1) is 11.8 Å². The van der Waals surface area contributed by atoms with Crippen molar-refractivity contribution >= 4 is 0 Å². The molecule has 0 bridgehead atoms. The lowest BCUT2D eigenvalue weighted by molar-refractivity contribution is -0.145. The Morgan fingerprint density at radius 2 is 1.50 bits per heavy atom. The minimum atomic E-state index is 0.0255. The Bertz CT molecular complexity index is 113. The van der Waals surface area contributed by atoms with Gasteiger partial charge in [0.2, 0.25) is 0 Å². The molecule has 0 unspecified atom stereocenters. The summed E-state index contributed by atoms with van der Waals surface area (Å²) in [6, 6.07) is 0. The molecule has 1 aliphatic rings. The van der Waals surface area contributed by atoms with Gasteiger partial charge >= 0.3 is 0 Å². The van der Waals surface area contributed by atoms with Crippen molar-refractivity contribution in [3.63, 3.8) is 0 Å². The normalized spacial score (nSPS) is 31.0. The third-order valence-corrected chi connectivity index (χ3v) is 2.91. The van der Waals surface area contributed by atoms with E-state index in [0.29, 0.717) is 5.92 Å². The second-order valence-corrected chi connectivity index (χ2v) is 3.86. The molecule has 1 rings (SSSR count). The van der Waals surface area contributed by atoms with Crippen LogP contribution in [0.2, 0.25) is 0 Å². The zero-order chi connectivity index (χ0) is 8.97. The van der Waals surface area contributed by atoms with Crippen LogP contribution in [-0.2, 0) is 9.47 Å². The maximum absolute atomic E-state index is 5.25. The summed E-state index contributed by atoms with van der Waals surface area (Å²) in [6.45, 7) is 2.32. The first-order chi connectivity index (χ1) is 5.77. The largest absolute Gasteiger partial charge is 0.356 e. The van der Waals surface area contributed by atoms with E-state index in [-0.39, 0.29) is 6.29 Å². The smallest absolute Gasteiger partial charge is 0.159 e. The van der Waals surface area contributed by atoms with Crippen LogP contribution in [0.5, 0.6) is 0 Å². The first-order valence-corrected chi connectivity index (χ1v) is 4.83. The zero-order valence-corrected chi connectivity index (χ0v) is 8.38. The lowest BCUT2D eigenvalue weighted by Gasteiger charge is -2.30. The highest BCUT2D eigenvalue weighted by atomic mass is 16.7. The van der Waals surface area contributed by atoms with E-state index in [0.717, 1.165) is 5.92 Å². The average Bonchev–Trinajstić information content (AvgIpc) is 2.10. The Kier molecular flexibility index (Phi) is 4.02. The summed E-state index contributed by atoms with van der Waals surface area (Å²) in [7, 11) is 3.46. The molecule has 0 atom stereocenters. The molecule has 72 valence electrons. The highest BCUT2D eigenvalue weighted by Crippen LogP contribution is 2.31. The van der Waals surface area contributed by atoms with Gasteiger partial charge in [0.1, 0.15) is 0 Å². The van der Waals surface area contributed by atoms with E-state index in [1.807, 2.05) is 0 Å². The maximum Gasteiger partial charge on any atom is 0.159 e. The van der Waals surface area contributed by atoms with E-state index in [1.54, 1.807) is 14.2 Å². The molecular weight excluding hydrogens is 152 g/mol. The lowest BCUT2D eigenvalue weighted by Crippen LogP contribution is -2.28. The van der Waals surface area contributed by atoms with Crippen molar-refractivity contribution in [2.24, 2.45) is 11.8 Å². The predicted octanol–water partition coefficient (Wildman–Crippen LogP) is 2.43. The summed E-state index contributed by atoms with van der Waals surface area (Å²) < 4.78 is 10.5. The highest BCUT2D eigenvalue weighted by molar-refractivity contribution is 4.72. The fourth-order valence-corrected chi connectivity index (χ4v) is 2.04. The molecule has 0 heterocycles. The summed E-state index contributed by atoms with van der Waals surface area (Å²) in [4.78, 5) is 0. The second kappa shape index (κ2) is 4.83. The Morgan fingerprint density at radius 1 is 1.00 bits per heavy atom. The van der Waals surface area contributed by atoms with Crippen molar-refractivity contribution in [1.29, 1.82) is 0 Å². The molecule has 0 saturated heterocycles. The summed E-state index contributed by atoms with van der Waals surface area (Å²) in [6.07, 6.45) is 5.19. The van der Waals surface area contributed by atoms with E-state index in [4.69, 9.17) is 9.47 Å². The SMILES string of the molecule is COC(OC)C1CCC(C)CC1. The molecule has 0 aromatic heterocycles. The van der Waals surface area contributed by atoms with Crippen molar-refractivity contribution in [1.82, 2.24) is 0 Å². The fourth-order valence-electron chi connectivity index (χ4n) is 2.04. The molecule has 0 N–H and O–H groups in total. The van der Waals surface area contributed by atoms with Gasteiger partial charge in [0.25, 0.3) is 0 Å². The summed E-state index contributed by atoms with van der Waals surface area (Å²) >= 11 is 0. The number of rotatable bonds is 3. The van der Waals surface area contributed by atoms with Crippen LogP contribution in [0.3, 0.4) is 0 Å². The fraction of sp³-hybridized carbons (Fsp3) is 1.00. The van der Waals surface area contributed by atoms with E-state index in [9.17, 15) is 0 Å². The van der Waals surface area contributed by atoms with Gasteiger partial charge in [0.15, 0.2) is 6.29 Å². The van der Waals surface area contributed by atoms with Gasteiger partial charge in [-0.15, -0.1) is 0 Å². The van der Waals surface area contributed by atoms with E-state index in [2.05, 4.69) is 6.92 Å². The molecule has 2 nitrogen and oxygen atoms in total. The van der Waals surface area contributed by atoms with Crippen LogP contribution in [0.25, 0.3) is 0 Å². The first-order valence-electron chi connectivity index (χ1n) is 4.83. The Hall–Kier alpha value is -0.0800. The van der Waals surface area contributed by atoms with Gasteiger partial charge in [-0.3, -0.25) is 0 Å². The quantitative estimate of drug-likeness (QED) is 0.609. The topological polar surface area (TPSA) is 18.5 Å². The molecule has 12 heavy (non-hydrogen) atoms. The molecule has 2 heteroatoms. The summed E-state index contributed by atoms with van der Waals surface area (Å²) in [5, 5.41) is 0. The van der Waals surface area contributed by atoms with Crippen LogP contribution >= 0.6 is 0 Å². The molecular formula is C10H20O2. The van der Waals surface area contributed by atoms with Gasteiger partial charge in [-0.1, -0.05) is 19.8 Å². The van der Waals surface area contributed by atoms with Crippen molar-refractivity contribution < 1.29 is 9.47 Å². The van der Waals surface area contributed by atoms with Crippen molar-refractivity contribution in [3.8, 4) is 0 Å². The number of hydrogen-bond donors (Lipinski definition) is 0. The first kappa shape index (κ1) is 10.0. The van der Waals surface area contributed by atoms with Crippen molar-refractivity contribution in [2.45, 2.75) is 38.9 Å². The number of methoxy groups -OCH3 is 2. The molecule has 0 amide bonds. The lowest BCUT2D eigenvalue weighted by atomic mass is 9.83. The van der Waals surface area contributed by atoms with Crippen LogP contribution in [0.4, 0.5) is 0 Å². The average molecular weight is 172 g/mol. The standard InChI is InChI=1S/C10H20O2/c1-8-4-6-9(7-5-8)10(11-2)12-3/h8-10H,4-7H2,1-3H3. The van der Waals surface area contributed by atoms with Crippen molar-refractivity contribution in [2.75, 3.05) is 14.2 Å². The van der Waals surface area contributed by atoms with E-state index < -0.39 is 0 Å². The minimum Gasteiger partial charge on any atom is -0.356 e.